The number of hydrogen-bond donors (Lipinski definition) is 3. The number of hydrogen-bond acceptors (Lipinski definition) is 5. The molecule has 0 fully saturated rings. The van der Waals surface area contributed by atoms with Crippen molar-refractivity contribution in [1.82, 2.24) is 5.32 Å². The molecule has 3 N–H and O–H groups in total. The second kappa shape index (κ2) is 49.8. The fourth-order valence-corrected chi connectivity index (χ4v) is 8.07. The first kappa shape index (κ1) is 59.8. The van der Waals surface area contributed by atoms with E-state index in [1.165, 1.54) is 154 Å². The Hall–Kier alpha value is -2.18. The molecule has 0 spiro atoms. The molecular weight excluding hydrogens is 767 g/mol. The second-order valence-electron chi connectivity index (χ2n) is 18.3. The molecule has 3 unspecified atom stereocenters. The lowest BCUT2D eigenvalue weighted by Gasteiger charge is -2.24. The predicted octanol–water partition coefficient (Wildman–Crippen LogP) is 16.2. The van der Waals surface area contributed by atoms with Crippen molar-refractivity contribution < 1.29 is 24.5 Å². The zero-order valence-electron chi connectivity index (χ0n) is 41.3. The molecule has 0 saturated heterocycles. The quantitative estimate of drug-likeness (QED) is 0.0322. The highest BCUT2D eigenvalue weighted by atomic mass is 16.5. The fraction of sp³-hybridized carbons (Fsp3) is 0.821. The number of aliphatic hydroxyl groups is 2. The molecule has 6 heteroatoms. The maximum absolute atomic E-state index is 13.2. The summed E-state index contributed by atoms with van der Waals surface area (Å²) in [6.07, 6.45) is 60.3. The van der Waals surface area contributed by atoms with E-state index in [1.807, 2.05) is 0 Å². The molecule has 0 rings (SSSR count). The average molecular weight is 870 g/mol. The van der Waals surface area contributed by atoms with Gasteiger partial charge < -0.3 is 20.3 Å². The zero-order chi connectivity index (χ0) is 45.2. The molecule has 0 aromatic heterocycles. The number of aliphatic hydroxyl groups excluding tert-OH is 2. The summed E-state index contributed by atoms with van der Waals surface area (Å²) in [7, 11) is 0. The van der Waals surface area contributed by atoms with Gasteiger partial charge in [0.25, 0.3) is 0 Å². The van der Waals surface area contributed by atoms with E-state index in [0.717, 1.165) is 70.6 Å². The highest BCUT2D eigenvalue weighted by Crippen LogP contribution is 2.17. The molecule has 0 aromatic carbocycles. The first-order chi connectivity index (χ1) is 30.5. The Morgan fingerprint density at radius 2 is 0.839 bits per heavy atom. The number of unbranched alkanes of at least 4 members (excludes halogenated alkanes) is 28. The minimum Gasteiger partial charge on any atom is -0.462 e. The van der Waals surface area contributed by atoms with Crippen molar-refractivity contribution >= 4 is 11.9 Å². The number of esters is 1. The Balaban J connectivity index is 4.67. The first-order valence-corrected chi connectivity index (χ1v) is 26.9. The summed E-state index contributed by atoms with van der Waals surface area (Å²) in [5.74, 6) is -0.519. The zero-order valence-corrected chi connectivity index (χ0v) is 41.3. The Morgan fingerprint density at radius 3 is 1.27 bits per heavy atom. The van der Waals surface area contributed by atoms with Gasteiger partial charge >= 0.3 is 5.97 Å². The van der Waals surface area contributed by atoms with Gasteiger partial charge in [0.2, 0.25) is 5.91 Å². The van der Waals surface area contributed by atoms with Gasteiger partial charge in [-0.1, -0.05) is 243 Å². The first-order valence-electron chi connectivity index (χ1n) is 26.9. The summed E-state index contributed by atoms with van der Waals surface area (Å²) < 4.78 is 5.92. The maximum Gasteiger partial charge on any atom is 0.306 e. The molecule has 0 aliphatic carbocycles. The number of ether oxygens (including phenoxy) is 1. The SMILES string of the molecule is CCCCC/C=C\C/C=C\C/C=C\C/C=C\CCCC(CC(=O)NC(CO)C(O)CCCCCCCCCCCCCCC)OC(=O)CCCCCCCCCCCCCCC. The van der Waals surface area contributed by atoms with Gasteiger partial charge in [0.05, 0.1) is 25.2 Å². The van der Waals surface area contributed by atoms with Gasteiger partial charge in [0.15, 0.2) is 0 Å². The molecule has 6 nitrogen and oxygen atoms in total. The van der Waals surface area contributed by atoms with Crippen LogP contribution in [0.15, 0.2) is 48.6 Å². The second-order valence-corrected chi connectivity index (χ2v) is 18.3. The van der Waals surface area contributed by atoms with Crippen LogP contribution in [0.4, 0.5) is 0 Å². The molecule has 0 radical (unpaired) electrons. The van der Waals surface area contributed by atoms with E-state index >= 15 is 0 Å². The molecular formula is C56H103NO5. The Morgan fingerprint density at radius 1 is 0.468 bits per heavy atom. The summed E-state index contributed by atoms with van der Waals surface area (Å²) in [5.41, 5.74) is 0. The molecule has 3 atom stereocenters. The van der Waals surface area contributed by atoms with E-state index in [1.54, 1.807) is 0 Å². The van der Waals surface area contributed by atoms with Crippen LogP contribution in [0.25, 0.3) is 0 Å². The van der Waals surface area contributed by atoms with Crippen molar-refractivity contribution in [3.8, 4) is 0 Å². The molecule has 1 amide bonds. The smallest absolute Gasteiger partial charge is 0.306 e. The van der Waals surface area contributed by atoms with Crippen LogP contribution in [0.1, 0.15) is 271 Å². The number of rotatable bonds is 48. The van der Waals surface area contributed by atoms with Crippen LogP contribution in [0.3, 0.4) is 0 Å². The van der Waals surface area contributed by atoms with Gasteiger partial charge in [-0.15, -0.1) is 0 Å². The van der Waals surface area contributed by atoms with Crippen molar-refractivity contribution in [3.05, 3.63) is 48.6 Å². The lowest BCUT2D eigenvalue weighted by Crippen LogP contribution is -2.46. The summed E-state index contributed by atoms with van der Waals surface area (Å²) in [6, 6.07) is -0.717. The normalized spacial score (nSPS) is 13.6. The van der Waals surface area contributed by atoms with Crippen molar-refractivity contribution in [3.63, 3.8) is 0 Å². The predicted molar refractivity (Wildman–Crippen MR) is 269 cm³/mol. The molecule has 0 heterocycles. The molecule has 0 aliphatic rings. The van der Waals surface area contributed by atoms with E-state index < -0.39 is 18.2 Å². The van der Waals surface area contributed by atoms with Crippen LogP contribution in [0.5, 0.6) is 0 Å². The number of allylic oxidation sites excluding steroid dienone is 8. The van der Waals surface area contributed by atoms with E-state index in [4.69, 9.17) is 4.74 Å². The number of amides is 1. The fourth-order valence-electron chi connectivity index (χ4n) is 8.07. The van der Waals surface area contributed by atoms with Gasteiger partial charge in [-0.25, -0.2) is 0 Å². The minimum atomic E-state index is -0.800. The highest BCUT2D eigenvalue weighted by Gasteiger charge is 2.24. The van der Waals surface area contributed by atoms with E-state index in [9.17, 15) is 19.8 Å². The molecule has 0 aromatic rings. The van der Waals surface area contributed by atoms with Crippen LogP contribution in [-0.4, -0.2) is 46.9 Å². The standard InChI is InChI=1S/C56H103NO5/c1-4-7-10-13-16-19-22-25-26-27-28-31-32-35-38-41-44-47-52(62-56(61)49-46-43-40-37-34-30-24-21-18-15-12-9-6-3)50-55(60)57-53(51-58)54(59)48-45-42-39-36-33-29-23-20-17-14-11-8-5-2/h16,19,25-26,28,31,35,38,52-54,58-59H,4-15,17-18,20-24,27,29-30,32-34,36-37,39-51H2,1-3H3,(H,57,60)/b19-16-,26-25-,31-28-,38-35-. The van der Waals surface area contributed by atoms with Crippen molar-refractivity contribution in [1.29, 1.82) is 0 Å². The monoisotopic (exact) mass is 870 g/mol. The van der Waals surface area contributed by atoms with Gasteiger partial charge in [-0.05, 0) is 64.2 Å². The van der Waals surface area contributed by atoms with Gasteiger partial charge in [0, 0.05) is 6.42 Å². The summed E-state index contributed by atoms with van der Waals surface area (Å²) in [6.45, 7) is 6.45. The van der Waals surface area contributed by atoms with E-state index in [-0.39, 0.29) is 24.9 Å². The minimum absolute atomic E-state index is 0.0426. The van der Waals surface area contributed by atoms with Crippen LogP contribution < -0.4 is 5.32 Å². The van der Waals surface area contributed by atoms with E-state index in [2.05, 4.69) is 74.7 Å². The molecule has 62 heavy (non-hydrogen) atoms. The van der Waals surface area contributed by atoms with Crippen molar-refractivity contribution in [2.45, 2.75) is 289 Å². The van der Waals surface area contributed by atoms with Crippen molar-refractivity contribution in [2.75, 3.05) is 6.61 Å². The van der Waals surface area contributed by atoms with Gasteiger partial charge in [-0.2, -0.15) is 0 Å². The third kappa shape index (κ3) is 44.4. The maximum atomic E-state index is 13.2. The van der Waals surface area contributed by atoms with Gasteiger partial charge in [0.1, 0.15) is 6.10 Å². The largest absolute Gasteiger partial charge is 0.462 e. The highest BCUT2D eigenvalue weighted by molar-refractivity contribution is 5.77. The molecule has 0 aliphatic heterocycles. The Bertz CT molecular complexity index is 1070. The van der Waals surface area contributed by atoms with Crippen LogP contribution in [0, 0.1) is 0 Å². The number of nitrogens with one attached hydrogen (secondary N) is 1. The van der Waals surface area contributed by atoms with Crippen LogP contribution in [-0.2, 0) is 14.3 Å². The van der Waals surface area contributed by atoms with Crippen molar-refractivity contribution in [2.24, 2.45) is 0 Å². The Kier molecular flexibility index (Phi) is 48.1. The lowest BCUT2D eigenvalue weighted by atomic mass is 10.0. The molecule has 362 valence electrons. The summed E-state index contributed by atoms with van der Waals surface area (Å²) in [4.78, 5) is 26.2. The summed E-state index contributed by atoms with van der Waals surface area (Å²) in [5, 5.41) is 23.8. The number of carbonyl (C=O) groups excluding carboxylic acids is 2. The lowest BCUT2D eigenvalue weighted by molar-refractivity contribution is -0.151. The third-order valence-corrected chi connectivity index (χ3v) is 12.2. The topological polar surface area (TPSA) is 95.9 Å². The molecule has 0 bridgehead atoms. The Labute approximate surface area is 385 Å². The summed E-state index contributed by atoms with van der Waals surface area (Å²) >= 11 is 0. The van der Waals surface area contributed by atoms with Gasteiger partial charge in [-0.3, -0.25) is 9.59 Å². The van der Waals surface area contributed by atoms with E-state index in [0.29, 0.717) is 19.3 Å². The third-order valence-electron chi connectivity index (χ3n) is 12.2. The van der Waals surface area contributed by atoms with Crippen LogP contribution in [0.2, 0.25) is 0 Å². The molecule has 0 saturated carbocycles. The number of carbonyl (C=O) groups is 2. The average Bonchev–Trinajstić information content (AvgIpc) is 3.26. The van der Waals surface area contributed by atoms with Crippen LogP contribution >= 0.6 is 0 Å².